The van der Waals surface area contributed by atoms with E-state index < -0.39 is 0 Å². The lowest BCUT2D eigenvalue weighted by Gasteiger charge is -2.40. The van der Waals surface area contributed by atoms with Gasteiger partial charge in [-0.15, -0.1) is 0 Å². The molecule has 1 aliphatic rings. The van der Waals surface area contributed by atoms with Crippen LogP contribution >= 0.6 is 11.8 Å². The Morgan fingerprint density at radius 3 is 2.62 bits per heavy atom. The monoisotopic (exact) mass is 303 g/mol. The van der Waals surface area contributed by atoms with Gasteiger partial charge in [-0.25, -0.2) is 0 Å². The van der Waals surface area contributed by atoms with Crippen molar-refractivity contribution in [1.82, 2.24) is 5.32 Å². The van der Waals surface area contributed by atoms with Crippen molar-refractivity contribution in [3.8, 4) is 11.8 Å². The number of rotatable bonds is 5. The highest BCUT2D eigenvalue weighted by Gasteiger charge is 2.36. The van der Waals surface area contributed by atoms with Crippen LogP contribution in [0.5, 0.6) is 0 Å². The molecule has 4 heteroatoms. The third-order valence-corrected chi connectivity index (χ3v) is 5.30. The van der Waals surface area contributed by atoms with E-state index in [2.05, 4.69) is 23.4 Å². The molecule has 3 nitrogen and oxygen atoms in total. The number of thioether (sulfide) groups is 1. The topological polar surface area (TPSA) is 49.3 Å². The normalized spacial score (nSPS) is 15.5. The summed E-state index contributed by atoms with van der Waals surface area (Å²) in [5.74, 6) is 5.79. The van der Waals surface area contributed by atoms with E-state index in [1.807, 2.05) is 23.9 Å². The van der Waals surface area contributed by atoms with Gasteiger partial charge < -0.3 is 10.4 Å². The van der Waals surface area contributed by atoms with Crippen molar-refractivity contribution in [2.24, 2.45) is 0 Å². The standard InChI is InChI=1S/C17H21NO2S/c1-21-17(10-4-11-17)13-18-16(20)15-8-6-14(7-9-15)5-2-3-12-19/h6-9,19H,3-4,10-13H2,1H3,(H,18,20). The average Bonchev–Trinajstić information content (AvgIpc) is 2.47. The predicted octanol–water partition coefficient (Wildman–Crippen LogP) is 2.44. The highest BCUT2D eigenvalue weighted by molar-refractivity contribution is 8.00. The van der Waals surface area contributed by atoms with Crippen LogP contribution in [0.4, 0.5) is 0 Å². The Kier molecular flexibility index (Phi) is 5.72. The van der Waals surface area contributed by atoms with Crippen LogP contribution in [0.25, 0.3) is 0 Å². The van der Waals surface area contributed by atoms with E-state index in [0.717, 1.165) is 12.1 Å². The van der Waals surface area contributed by atoms with E-state index in [-0.39, 0.29) is 17.3 Å². The number of hydrogen-bond donors (Lipinski definition) is 2. The van der Waals surface area contributed by atoms with E-state index >= 15 is 0 Å². The average molecular weight is 303 g/mol. The van der Waals surface area contributed by atoms with Gasteiger partial charge in [0.15, 0.2) is 0 Å². The molecule has 1 aromatic rings. The van der Waals surface area contributed by atoms with Gasteiger partial charge >= 0.3 is 0 Å². The largest absolute Gasteiger partial charge is 0.395 e. The second kappa shape index (κ2) is 7.53. The van der Waals surface area contributed by atoms with Crippen molar-refractivity contribution >= 4 is 17.7 Å². The maximum absolute atomic E-state index is 12.1. The Hall–Kier alpha value is -1.44. The van der Waals surface area contributed by atoms with Crippen molar-refractivity contribution in [2.45, 2.75) is 30.4 Å². The third kappa shape index (κ3) is 4.26. The maximum Gasteiger partial charge on any atom is 0.251 e. The Labute approximate surface area is 130 Å². The van der Waals surface area contributed by atoms with E-state index in [4.69, 9.17) is 5.11 Å². The first-order valence-electron chi connectivity index (χ1n) is 7.22. The van der Waals surface area contributed by atoms with Crippen LogP contribution < -0.4 is 5.32 Å². The molecule has 112 valence electrons. The van der Waals surface area contributed by atoms with Crippen LogP contribution in [-0.4, -0.2) is 35.2 Å². The highest BCUT2D eigenvalue weighted by Crippen LogP contribution is 2.42. The fourth-order valence-electron chi connectivity index (χ4n) is 2.29. The number of amides is 1. The van der Waals surface area contributed by atoms with Crippen molar-refractivity contribution in [1.29, 1.82) is 0 Å². The summed E-state index contributed by atoms with van der Waals surface area (Å²) in [6.07, 6.45) is 6.23. The third-order valence-electron chi connectivity index (χ3n) is 3.89. The minimum Gasteiger partial charge on any atom is -0.395 e. The second-order valence-electron chi connectivity index (χ2n) is 5.28. The molecule has 21 heavy (non-hydrogen) atoms. The molecule has 0 unspecified atom stereocenters. The maximum atomic E-state index is 12.1. The van der Waals surface area contributed by atoms with Crippen molar-refractivity contribution in [2.75, 3.05) is 19.4 Å². The Bertz CT molecular complexity index is 533. The van der Waals surface area contributed by atoms with Gasteiger partial charge in [0.1, 0.15) is 0 Å². The number of aliphatic hydroxyl groups is 1. The number of carbonyl (C=O) groups is 1. The Morgan fingerprint density at radius 1 is 1.38 bits per heavy atom. The van der Waals surface area contributed by atoms with Gasteiger partial charge in [0.05, 0.1) is 6.61 Å². The summed E-state index contributed by atoms with van der Waals surface area (Å²) in [5, 5.41) is 11.7. The fourth-order valence-corrected chi connectivity index (χ4v) is 3.21. The van der Waals surface area contributed by atoms with Crippen LogP contribution in [-0.2, 0) is 0 Å². The number of hydrogen-bond acceptors (Lipinski definition) is 3. The van der Waals surface area contributed by atoms with Crippen LogP contribution in [0, 0.1) is 11.8 Å². The lowest BCUT2D eigenvalue weighted by atomic mass is 9.84. The van der Waals surface area contributed by atoms with Gasteiger partial charge in [0, 0.05) is 28.8 Å². The van der Waals surface area contributed by atoms with Gasteiger partial charge in [0.25, 0.3) is 5.91 Å². The fraction of sp³-hybridized carbons (Fsp3) is 0.471. The zero-order valence-corrected chi connectivity index (χ0v) is 13.1. The summed E-state index contributed by atoms with van der Waals surface area (Å²) < 4.78 is 0.255. The summed E-state index contributed by atoms with van der Waals surface area (Å²) >= 11 is 1.86. The minimum absolute atomic E-state index is 0.0230. The molecule has 0 spiro atoms. The zero-order chi connectivity index (χ0) is 15.1. The molecule has 0 bridgehead atoms. The van der Waals surface area contributed by atoms with Crippen LogP contribution in [0.1, 0.15) is 41.6 Å². The van der Waals surface area contributed by atoms with Crippen molar-refractivity contribution < 1.29 is 9.90 Å². The van der Waals surface area contributed by atoms with Crippen molar-refractivity contribution in [3.63, 3.8) is 0 Å². The van der Waals surface area contributed by atoms with Gasteiger partial charge in [0.2, 0.25) is 0 Å². The molecule has 0 aromatic heterocycles. The van der Waals surface area contributed by atoms with E-state index in [1.165, 1.54) is 19.3 Å². The quantitative estimate of drug-likeness (QED) is 0.822. The number of nitrogens with one attached hydrogen (secondary N) is 1. The van der Waals surface area contributed by atoms with Crippen molar-refractivity contribution in [3.05, 3.63) is 35.4 Å². The molecule has 0 saturated heterocycles. The molecule has 0 atom stereocenters. The molecule has 1 saturated carbocycles. The summed E-state index contributed by atoms with van der Waals surface area (Å²) in [5.41, 5.74) is 1.53. The van der Waals surface area contributed by atoms with E-state index in [0.29, 0.717) is 12.0 Å². The second-order valence-corrected chi connectivity index (χ2v) is 6.55. The van der Waals surface area contributed by atoms with Crippen LogP contribution in [0.3, 0.4) is 0 Å². The summed E-state index contributed by atoms with van der Waals surface area (Å²) in [6, 6.07) is 7.27. The molecule has 2 N–H and O–H groups in total. The van der Waals surface area contributed by atoms with Gasteiger partial charge in [-0.3, -0.25) is 4.79 Å². The van der Waals surface area contributed by atoms with E-state index in [9.17, 15) is 4.79 Å². The SMILES string of the molecule is CSC1(CNC(=O)c2ccc(C#CCCO)cc2)CCC1. The lowest BCUT2D eigenvalue weighted by Crippen LogP contribution is -2.45. The molecule has 1 aliphatic carbocycles. The summed E-state index contributed by atoms with van der Waals surface area (Å²) in [7, 11) is 0. The molecular formula is C17H21NO2S. The Balaban J connectivity index is 1.89. The molecule has 1 aromatic carbocycles. The number of aliphatic hydroxyl groups excluding tert-OH is 1. The first-order valence-corrected chi connectivity index (χ1v) is 8.45. The first-order chi connectivity index (χ1) is 10.2. The van der Waals surface area contributed by atoms with Gasteiger partial charge in [-0.2, -0.15) is 11.8 Å². The summed E-state index contributed by atoms with van der Waals surface area (Å²) in [4.78, 5) is 12.1. The molecule has 1 amide bonds. The molecule has 0 radical (unpaired) electrons. The number of benzene rings is 1. The highest BCUT2D eigenvalue weighted by atomic mass is 32.2. The summed E-state index contributed by atoms with van der Waals surface area (Å²) in [6.45, 7) is 0.815. The molecule has 0 aliphatic heterocycles. The van der Waals surface area contributed by atoms with Gasteiger partial charge in [-0.05, 0) is 43.4 Å². The smallest absolute Gasteiger partial charge is 0.251 e. The molecule has 2 rings (SSSR count). The predicted molar refractivity (Wildman–Crippen MR) is 87.5 cm³/mol. The van der Waals surface area contributed by atoms with Crippen LogP contribution in [0.15, 0.2) is 24.3 Å². The van der Waals surface area contributed by atoms with E-state index in [1.54, 1.807) is 12.1 Å². The molecule has 1 fully saturated rings. The molecular weight excluding hydrogens is 282 g/mol. The first kappa shape index (κ1) is 15.9. The minimum atomic E-state index is -0.0230. The molecule has 0 heterocycles. The van der Waals surface area contributed by atoms with Crippen LogP contribution in [0.2, 0.25) is 0 Å². The lowest BCUT2D eigenvalue weighted by molar-refractivity contribution is 0.0944. The van der Waals surface area contributed by atoms with Gasteiger partial charge in [-0.1, -0.05) is 18.3 Å². The Morgan fingerprint density at radius 2 is 2.10 bits per heavy atom. The zero-order valence-electron chi connectivity index (χ0n) is 12.3. The number of carbonyl (C=O) groups excluding carboxylic acids is 1.